The second kappa shape index (κ2) is 5.85. The van der Waals surface area contributed by atoms with E-state index in [4.69, 9.17) is 9.84 Å². The average molecular weight is 253 g/mol. The first-order valence-electron chi connectivity index (χ1n) is 5.36. The number of nitrogens with zero attached hydrogens (tertiary/aromatic N) is 2. The maximum Gasteiger partial charge on any atom is 0.412 e. The number of aromatic carboxylic acids is 1. The Kier molecular flexibility index (Phi) is 4.47. The van der Waals surface area contributed by atoms with Crippen molar-refractivity contribution in [2.75, 3.05) is 11.9 Å². The molecule has 0 aromatic carbocycles. The number of carbonyl (C=O) groups is 2. The van der Waals surface area contributed by atoms with Gasteiger partial charge in [0.2, 0.25) is 0 Å². The summed E-state index contributed by atoms with van der Waals surface area (Å²) >= 11 is 0. The molecule has 1 aromatic rings. The van der Waals surface area contributed by atoms with Crippen molar-refractivity contribution in [2.45, 2.75) is 20.4 Å². The molecule has 0 aliphatic rings. The Morgan fingerprint density at radius 2 is 2.28 bits per heavy atom. The molecule has 0 aliphatic carbocycles. The lowest BCUT2D eigenvalue weighted by Crippen LogP contribution is -2.17. The molecule has 0 fully saturated rings. The van der Waals surface area contributed by atoms with Gasteiger partial charge in [0.05, 0.1) is 11.4 Å². The Labute approximate surface area is 104 Å². The summed E-state index contributed by atoms with van der Waals surface area (Å²) in [6.07, 6.45) is 0.677. The van der Waals surface area contributed by atoms with Crippen molar-refractivity contribution < 1.29 is 19.4 Å². The number of amides is 1. The molecular weight excluding hydrogens is 238 g/mol. The molecule has 1 amide bonds. The molecule has 7 nitrogen and oxygen atoms in total. The van der Waals surface area contributed by atoms with Gasteiger partial charge < -0.3 is 9.84 Å². The van der Waals surface area contributed by atoms with Gasteiger partial charge in [0.1, 0.15) is 6.61 Å². The Morgan fingerprint density at radius 3 is 2.78 bits per heavy atom. The molecule has 0 saturated carbocycles. The van der Waals surface area contributed by atoms with Crippen LogP contribution in [-0.4, -0.2) is 33.6 Å². The smallest absolute Gasteiger partial charge is 0.412 e. The third-order valence-corrected chi connectivity index (χ3v) is 2.19. The van der Waals surface area contributed by atoms with Gasteiger partial charge in [-0.1, -0.05) is 12.7 Å². The number of rotatable bonds is 5. The van der Waals surface area contributed by atoms with E-state index in [0.29, 0.717) is 12.2 Å². The number of anilines is 1. The van der Waals surface area contributed by atoms with Crippen molar-refractivity contribution in [3.63, 3.8) is 0 Å². The van der Waals surface area contributed by atoms with Crippen LogP contribution < -0.4 is 5.32 Å². The molecule has 98 valence electrons. The number of carbonyl (C=O) groups excluding carboxylic acids is 1. The molecule has 0 aliphatic heterocycles. The minimum atomic E-state index is -1.16. The zero-order chi connectivity index (χ0) is 13.7. The summed E-state index contributed by atoms with van der Waals surface area (Å²) in [5.41, 5.74) is 0.508. The van der Waals surface area contributed by atoms with Gasteiger partial charge in [0.25, 0.3) is 0 Å². The number of carboxylic acid groups (broad SMARTS) is 1. The largest absolute Gasteiger partial charge is 0.476 e. The third-order valence-electron chi connectivity index (χ3n) is 2.19. The summed E-state index contributed by atoms with van der Waals surface area (Å²) in [4.78, 5) is 22.5. The molecule has 7 heteroatoms. The van der Waals surface area contributed by atoms with Crippen LogP contribution in [0.5, 0.6) is 0 Å². The number of aryl methyl sites for hydroxylation is 2. The summed E-state index contributed by atoms with van der Waals surface area (Å²) in [6, 6.07) is 0. The van der Waals surface area contributed by atoms with E-state index in [1.165, 1.54) is 10.8 Å². The highest BCUT2D eigenvalue weighted by atomic mass is 16.5. The van der Waals surface area contributed by atoms with E-state index in [2.05, 4.69) is 17.0 Å². The summed E-state index contributed by atoms with van der Waals surface area (Å²) < 4.78 is 6.04. The lowest BCUT2D eigenvalue weighted by molar-refractivity contribution is 0.0684. The Balaban J connectivity index is 3.00. The molecule has 1 aromatic heterocycles. The van der Waals surface area contributed by atoms with Gasteiger partial charge in [-0.2, -0.15) is 5.10 Å². The second-order valence-corrected chi connectivity index (χ2v) is 3.44. The molecule has 0 saturated heterocycles. The molecule has 0 bridgehead atoms. The maximum absolute atomic E-state index is 11.4. The molecule has 0 atom stereocenters. The topological polar surface area (TPSA) is 93.5 Å². The van der Waals surface area contributed by atoms with Crippen LogP contribution in [0, 0.1) is 6.92 Å². The standard InChI is InChI=1S/C11H15N3O4/c1-4-6-18-11(17)12-8-7(3)13-14(5-2)9(8)10(15)16/h4H,1,5-6H2,2-3H3,(H,12,17)(H,15,16). The first kappa shape index (κ1) is 13.8. The quantitative estimate of drug-likeness (QED) is 0.778. The lowest BCUT2D eigenvalue weighted by Gasteiger charge is -2.06. The fourth-order valence-electron chi connectivity index (χ4n) is 1.45. The lowest BCUT2D eigenvalue weighted by atomic mass is 10.3. The molecule has 0 unspecified atom stereocenters. The van der Waals surface area contributed by atoms with Gasteiger partial charge in [-0.15, -0.1) is 0 Å². The SMILES string of the molecule is C=CCOC(=O)Nc1c(C)nn(CC)c1C(=O)O. The van der Waals surface area contributed by atoms with Gasteiger partial charge >= 0.3 is 12.1 Å². The van der Waals surface area contributed by atoms with Gasteiger partial charge in [-0.05, 0) is 13.8 Å². The fraction of sp³-hybridized carbons (Fsp3) is 0.364. The molecule has 2 N–H and O–H groups in total. The number of nitrogens with one attached hydrogen (secondary N) is 1. The van der Waals surface area contributed by atoms with Crippen LogP contribution in [0.3, 0.4) is 0 Å². The van der Waals surface area contributed by atoms with Crippen molar-refractivity contribution in [1.82, 2.24) is 9.78 Å². The van der Waals surface area contributed by atoms with Crippen LogP contribution in [0.2, 0.25) is 0 Å². The van der Waals surface area contributed by atoms with Crippen LogP contribution in [0.4, 0.5) is 10.5 Å². The maximum atomic E-state index is 11.4. The Morgan fingerprint density at radius 1 is 1.61 bits per heavy atom. The molecule has 0 radical (unpaired) electrons. The number of hydrogen-bond donors (Lipinski definition) is 2. The highest BCUT2D eigenvalue weighted by Crippen LogP contribution is 2.20. The van der Waals surface area contributed by atoms with Crippen LogP contribution in [0.15, 0.2) is 12.7 Å². The fourth-order valence-corrected chi connectivity index (χ4v) is 1.45. The van der Waals surface area contributed by atoms with Gasteiger partial charge in [0.15, 0.2) is 5.69 Å². The highest BCUT2D eigenvalue weighted by molar-refractivity contribution is 5.98. The van der Waals surface area contributed by atoms with Crippen molar-refractivity contribution in [2.24, 2.45) is 0 Å². The summed E-state index contributed by atoms with van der Waals surface area (Å²) in [6.45, 7) is 7.23. The summed E-state index contributed by atoms with van der Waals surface area (Å²) in [5.74, 6) is -1.16. The number of hydrogen-bond acceptors (Lipinski definition) is 4. The number of ether oxygens (including phenoxy) is 1. The van der Waals surface area contributed by atoms with Crippen LogP contribution in [0.1, 0.15) is 23.1 Å². The van der Waals surface area contributed by atoms with Gasteiger partial charge in [-0.25, -0.2) is 9.59 Å². The van der Waals surface area contributed by atoms with Crippen molar-refractivity contribution in [3.8, 4) is 0 Å². The monoisotopic (exact) mass is 253 g/mol. The van der Waals surface area contributed by atoms with E-state index in [0.717, 1.165) is 0 Å². The molecule has 0 spiro atoms. The minimum Gasteiger partial charge on any atom is -0.476 e. The number of aromatic nitrogens is 2. The zero-order valence-electron chi connectivity index (χ0n) is 10.3. The van der Waals surface area contributed by atoms with Crippen molar-refractivity contribution >= 4 is 17.7 Å². The normalized spacial score (nSPS) is 9.89. The van der Waals surface area contributed by atoms with E-state index < -0.39 is 12.1 Å². The van der Waals surface area contributed by atoms with E-state index in [-0.39, 0.29) is 18.0 Å². The Bertz CT molecular complexity index is 479. The molecular formula is C11H15N3O4. The van der Waals surface area contributed by atoms with Crippen molar-refractivity contribution in [3.05, 3.63) is 24.0 Å². The second-order valence-electron chi connectivity index (χ2n) is 3.44. The zero-order valence-corrected chi connectivity index (χ0v) is 10.3. The average Bonchev–Trinajstić information content (AvgIpc) is 2.63. The molecule has 1 rings (SSSR count). The van der Waals surface area contributed by atoms with E-state index in [9.17, 15) is 9.59 Å². The Hall–Kier alpha value is -2.31. The van der Waals surface area contributed by atoms with Crippen LogP contribution in [0.25, 0.3) is 0 Å². The summed E-state index contributed by atoms with van der Waals surface area (Å²) in [5, 5.41) is 15.5. The van der Waals surface area contributed by atoms with Crippen LogP contribution in [-0.2, 0) is 11.3 Å². The predicted molar refractivity (Wildman–Crippen MR) is 64.8 cm³/mol. The number of carboxylic acids is 1. The molecule has 1 heterocycles. The predicted octanol–water partition coefficient (Wildman–Crippen LogP) is 1.64. The molecule has 18 heavy (non-hydrogen) atoms. The van der Waals surface area contributed by atoms with Gasteiger partial charge in [-0.3, -0.25) is 10.00 Å². The first-order valence-corrected chi connectivity index (χ1v) is 5.36. The first-order chi connectivity index (χ1) is 8.51. The van der Waals surface area contributed by atoms with E-state index in [1.807, 2.05) is 0 Å². The van der Waals surface area contributed by atoms with E-state index in [1.54, 1.807) is 13.8 Å². The summed E-state index contributed by atoms with van der Waals surface area (Å²) in [7, 11) is 0. The van der Waals surface area contributed by atoms with Crippen LogP contribution >= 0.6 is 0 Å². The third kappa shape index (κ3) is 2.88. The van der Waals surface area contributed by atoms with E-state index >= 15 is 0 Å². The van der Waals surface area contributed by atoms with Gasteiger partial charge in [0, 0.05) is 6.54 Å². The minimum absolute atomic E-state index is 0.0508. The highest BCUT2D eigenvalue weighted by Gasteiger charge is 2.22. The van der Waals surface area contributed by atoms with Crippen molar-refractivity contribution in [1.29, 1.82) is 0 Å².